The van der Waals surface area contributed by atoms with Crippen LogP contribution in [0.4, 0.5) is 17.1 Å². The number of methoxy groups -OCH3 is 1. The van der Waals surface area contributed by atoms with Gasteiger partial charge in [-0.1, -0.05) is 146 Å². The maximum atomic E-state index is 6.79. The number of hydrogen-bond acceptors (Lipinski definition) is 3. The summed E-state index contributed by atoms with van der Waals surface area (Å²) in [4.78, 5) is 2.26. The summed E-state index contributed by atoms with van der Waals surface area (Å²) in [6.07, 6.45) is 10.3. The molecule has 0 unspecified atom stereocenters. The Bertz CT molecular complexity index is 2600. The van der Waals surface area contributed by atoms with Crippen LogP contribution >= 0.6 is 0 Å². The highest BCUT2D eigenvalue weighted by Gasteiger charge is 2.50. The molecule has 0 saturated carbocycles. The standard InChI is InChI=1S/C54H45NO2/c1-4-5-7-17-39-28-32-42(33-29-39)55(43-34-30-41(31-35-43)40-18-8-6-9-19-40)51-26-16-27-52(56-3)53(51)57-37-36-44-38(2)54(48-23-13-10-20-45(44)48)49-24-14-11-21-46(49)47-22-12-15-25-50(47)54/h4-6,8-16,18-37H,7,17H2,1-3H3/b5-4-,37-36+. The summed E-state index contributed by atoms with van der Waals surface area (Å²) in [6.45, 7) is 4.36. The summed E-state index contributed by atoms with van der Waals surface area (Å²) in [5.41, 5.74) is 16.4. The summed E-state index contributed by atoms with van der Waals surface area (Å²) >= 11 is 0. The van der Waals surface area contributed by atoms with E-state index in [0.29, 0.717) is 11.5 Å². The van der Waals surface area contributed by atoms with Gasteiger partial charge in [-0.05, 0) is 130 Å². The molecule has 278 valence electrons. The van der Waals surface area contributed by atoms with Crippen LogP contribution in [-0.2, 0) is 11.8 Å². The Labute approximate surface area is 336 Å². The number of benzene rings is 7. The first kappa shape index (κ1) is 35.8. The van der Waals surface area contributed by atoms with E-state index in [4.69, 9.17) is 9.47 Å². The van der Waals surface area contributed by atoms with Crippen molar-refractivity contribution < 1.29 is 9.47 Å². The Morgan fingerprint density at radius 2 is 1.14 bits per heavy atom. The maximum Gasteiger partial charge on any atom is 0.192 e. The number of ether oxygens (including phenoxy) is 2. The minimum atomic E-state index is -0.374. The number of allylic oxidation sites excluding steroid dienone is 5. The molecule has 7 aromatic carbocycles. The zero-order valence-corrected chi connectivity index (χ0v) is 32.7. The van der Waals surface area contributed by atoms with Gasteiger partial charge in [-0.3, -0.25) is 0 Å². The van der Waals surface area contributed by atoms with E-state index in [1.165, 1.54) is 50.1 Å². The highest BCUT2D eigenvalue weighted by Crippen LogP contribution is 2.61. The molecule has 0 aromatic heterocycles. The van der Waals surface area contributed by atoms with Crippen LogP contribution in [0.1, 0.15) is 48.1 Å². The zero-order valence-electron chi connectivity index (χ0n) is 32.7. The van der Waals surface area contributed by atoms with Crippen molar-refractivity contribution in [3.63, 3.8) is 0 Å². The molecule has 0 saturated heterocycles. The first-order valence-electron chi connectivity index (χ1n) is 19.8. The third-order valence-electron chi connectivity index (χ3n) is 11.6. The van der Waals surface area contributed by atoms with Crippen LogP contribution in [0.15, 0.2) is 200 Å². The maximum absolute atomic E-state index is 6.79. The van der Waals surface area contributed by atoms with Gasteiger partial charge in [0.2, 0.25) is 0 Å². The Balaban J connectivity index is 1.13. The van der Waals surface area contributed by atoms with Crippen LogP contribution in [0.25, 0.3) is 27.8 Å². The smallest absolute Gasteiger partial charge is 0.192 e. The van der Waals surface area contributed by atoms with Crippen LogP contribution in [-0.4, -0.2) is 7.11 Å². The fourth-order valence-corrected chi connectivity index (χ4v) is 9.01. The zero-order chi connectivity index (χ0) is 38.8. The van der Waals surface area contributed by atoms with Crippen molar-refractivity contribution in [2.75, 3.05) is 12.0 Å². The molecule has 3 nitrogen and oxygen atoms in total. The van der Waals surface area contributed by atoms with Crippen LogP contribution in [0.3, 0.4) is 0 Å². The summed E-state index contributed by atoms with van der Waals surface area (Å²) < 4.78 is 12.8. The summed E-state index contributed by atoms with van der Waals surface area (Å²) in [5, 5.41) is 0. The first-order valence-corrected chi connectivity index (χ1v) is 19.8. The van der Waals surface area contributed by atoms with Gasteiger partial charge in [0.05, 0.1) is 24.5 Å². The Hall–Kier alpha value is -6.84. The summed E-state index contributed by atoms with van der Waals surface area (Å²) in [7, 11) is 1.70. The molecule has 2 aliphatic carbocycles. The van der Waals surface area contributed by atoms with E-state index >= 15 is 0 Å². The number of hydrogen-bond donors (Lipinski definition) is 0. The van der Waals surface area contributed by atoms with Crippen molar-refractivity contribution >= 4 is 22.6 Å². The molecule has 0 heterocycles. The molecule has 2 aliphatic rings. The van der Waals surface area contributed by atoms with Crippen molar-refractivity contribution in [2.45, 2.75) is 32.1 Å². The van der Waals surface area contributed by atoms with E-state index in [9.17, 15) is 0 Å². The second-order valence-electron chi connectivity index (χ2n) is 14.7. The molecule has 1 spiro atoms. The van der Waals surface area contributed by atoms with Crippen LogP contribution < -0.4 is 14.4 Å². The van der Waals surface area contributed by atoms with Crippen molar-refractivity contribution in [1.82, 2.24) is 0 Å². The quantitative estimate of drug-likeness (QED) is 0.0974. The van der Waals surface area contributed by atoms with E-state index in [-0.39, 0.29) is 5.41 Å². The number of nitrogens with zero attached hydrogens (tertiary/aromatic N) is 1. The summed E-state index contributed by atoms with van der Waals surface area (Å²) in [5.74, 6) is 1.29. The number of rotatable bonds is 11. The second-order valence-corrected chi connectivity index (χ2v) is 14.7. The number of anilines is 3. The lowest BCUT2D eigenvalue weighted by Crippen LogP contribution is -2.26. The fourth-order valence-electron chi connectivity index (χ4n) is 9.01. The molecule has 0 atom stereocenters. The SMILES string of the molecule is C/C=C\CCc1ccc(N(c2ccc(-c3ccccc3)cc2)c2cccc(OC)c2O/C=C/C2=C(C)C3(c4ccccc42)c2ccccc2-c2ccccc23)cc1. The van der Waals surface area contributed by atoms with Gasteiger partial charge in [0.25, 0.3) is 0 Å². The average molecular weight is 740 g/mol. The molecule has 0 N–H and O–H groups in total. The lowest BCUT2D eigenvalue weighted by atomic mass is 9.70. The number of fused-ring (bicyclic) bond motifs is 7. The molecule has 9 rings (SSSR count). The molecule has 0 aliphatic heterocycles. The molecule has 7 aromatic rings. The minimum Gasteiger partial charge on any atom is -0.493 e. The molecule has 0 amide bonds. The molecular formula is C54H45NO2. The summed E-state index contributed by atoms with van der Waals surface area (Å²) in [6, 6.07) is 60.8. The highest BCUT2D eigenvalue weighted by atomic mass is 16.5. The van der Waals surface area contributed by atoms with Crippen molar-refractivity contribution in [2.24, 2.45) is 0 Å². The topological polar surface area (TPSA) is 21.7 Å². The monoisotopic (exact) mass is 739 g/mol. The van der Waals surface area contributed by atoms with E-state index in [1.54, 1.807) is 7.11 Å². The molecule has 0 fully saturated rings. The molecular weight excluding hydrogens is 695 g/mol. The van der Waals surface area contributed by atoms with Gasteiger partial charge < -0.3 is 14.4 Å². The van der Waals surface area contributed by atoms with Crippen LogP contribution in [0, 0.1) is 0 Å². The van der Waals surface area contributed by atoms with Crippen LogP contribution in [0.5, 0.6) is 11.5 Å². The van der Waals surface area contributed by atoms with Crippen LogP contribution in [0.2, 0.25) is 0 Å². The molecule has 57 heavy (non-hydrogen) atoms. The predicted octanol–water partition coefficient (Wildman–Crippen LogP) is 14.0. The van der Waals surface area contributed by atoms with Gasteiger partial charge in [0.1, 0.15) is 0 Å². The van der Waals surface area contributed by atoms with E-state index < -0.39 is 0 Å². The number of aryl methyl sites for hydroxylation is 1. The van der Waals surface area contributed by atoms with Crippen molar-refractivity contribution in [1.29, 1.82) is 0 Å². The molecule has 0 bridgehead atoms. The van der Waals surface area contributed by atoms with Crippen molar-refractivity contribution in [3.05, 3.63) is 228 Å². The van der Waals surface area contributed by atoms with Gasteiger partial charge in [0.15, 0.2) is 11.5 Å². The fraction of sp³-hybridized carbons (Fsp3) is 0.111. The van der Waals surface area contributed by atoms with E-state index in [0.717, 1.165) is 41.0 Å². The largest absolute Gasteiger partial charge is 0.493 e. The van der Waals surface area contributed by atoms with Gasteiger partial charge >= 0.3 is 0 Å². The van der Waals surface area contributed by atoms with E-state index in [2.05, 4.69) is 195 Å². The van der Waals surface area contributed by atoms with E-state index in [1.807, 2.05) is 18.4 Å². The second kappa shape index (κ2) is 15.4. The van der Waals surface area contributed by atoms with Gasteiger partial charge in [-0.25, -0.2) is 0 Å². The minimum absolute atomic E-state index is 0.374. The van der Waals surface area contributed by atoms with Crippen molar-refractivity contribution in [3.8, 4) is 33.8 Å². The Kier molecular flexibility index (Phi) is 9.66. The normalized spacial score (nSPS) is 13.6. The Morgan fingerprint density at radius 1 is 0.579 bits per heavy atom. The van der Waals surface area contributed by atoms with Gasteiger partial charge in [-0.15, -0.1) is 0 Å². The lowest BCUT2D eigenvalue weighted by Gasteiger charge is -2.31. The number of para-hydroxylation sites is 1. The highest BCUT2D eigenvalue weighted by molar-refractivity contribution is 5.96. The average Bonchev–Trinajstić information content (AvgIpc) is 3.71. The van der Waals surface area contributed by atoms with Gasteiger partial charge in [0, 0.05) is 11.4 Å². The molecule has 0 radical (unpaired) electrons. The first-order chi connectivity index (χ1) is 28.1. The molecule has 3 heteroatoms. The lowest BCUT2D eigenvalue weighted by molar-refractivity contribution is 0.379. The predicted molar refractivity (Wildman–Crippen MR) is 237 cm³/mol. The van der Waals surface area contributed by atoms with Gasteiger partial charge in [-0.2, -0.15) is 0 Å². The third-order valence-corrected chi connectivity index (χ3v) is 11.6. The Morgan fingerprint density at radius 3 is 1.77 bits per heavy atom. The third kappa shape index (κ3) is 6.17.